The lowest BCUT2D eigenvalue weighted by atomic mass is 10.2. The van der Waals surface area contributed by atoms with Gasteiger partial charge in [-0.2, -0.15) is 0 Å². The maximum atomic E-state index is 12.4. The van der Waals surface area contributed by atoms with Crippen molar-refractivity contribution in [3.8, 4) is 5.69 Å². The molecule has 0 radical (unpaired) electrons. The molecule has 1 amide bonds. The number of carbonyl (C=O) groups excluding carboxylic acids is 1. The van der Waals surface area contributed by atoms with Crippen LogP contribution in [0.1, 0.15) is 11.4 Å². The monoisotopic (exact) mass is 458 g/mol. The lowest BCUT2D eigenvalue weighted by molar-refractivity contribution is -0.922. The molecule has 1 fully saturated rings. The van der Waals surface area contributed by atoms with Gasteiger partial charge in [-0.3, -0.25) is 9.36 Å². The Labute approximate surface area is 190 Å². The van der Waals surface area contributed by atoms with Crippen molar-refractivity contribution < 1.29 is 14.4 Å². The van der Waals surface area contributed by atoms with Gasteiger partial charge in [-0.25, -0.2) is 0 Å². The molecule has 3 aromatic rings. The summed E-state index contributed by atoms with van der Waals surface area (Å²) in [6, 6.07) is 17.5. The van der Waals surface area contributed by atoms with Crippen LogP contribution in [0.25, 0.3) is 5.69 Å². The van der Waals surface area contributed by atoms with Gasteiger partial charge < -0.3 is 15.0 Å². The lowest BCUT2D eigenvalue weighted by Gasteiger charge is -2.23. The number of ether oxygens (including phenoxy) is 1. The molecule has 2 heterocycles. The van der Waals surface area contributed by atoms with Crippen LogP contribution in [0.5, 0.6) is 0 Å². The maximum Gasteiger partial charge on any atom is 0.230 e. The van der Waals surface area contributed by atoms with Gasteiger partial charge in [0.05, 0.1) is 19.0 Å². The molecule has 0 unspecified atom stereocenters. The second-order valence-electron chi connectivity index (χ2n) is 7.30. The number of rotatable bonds is 8. The first kappa shape index (κ1) is 21.8. The van der Waals surface area contributed by atoms with Crippen LogP contribution in [0, 0.1) is 0 Å². The van der Waals surface area contributed by atoms with E-state index in [0.29, 0.717) is 16.7 Å². The predicted molar refractivity (Wildman–Crippen MR) is 121 cm³/mol. The molecule has 9 heteroatoms. The third-order valence-corrected chi connectivity index (χ3v) is 6.24. The average molecular weight is 459 g/mol. The molecule has 0 aliphatic carbocycles. The minimum Gasteiger partial charge on any atom is -0.370 e. The molecule has 2 N–H and O–H groups in total. The molecule has 0 saturated carbocycles. The molecular weight excluding hydrogens is 434 g/mol. The van der Waals surface area contributed by atoms with Crippen molar-refractivity contribution in [2.75, 3.05) is 32.1 Å². The van der Waals surface area contributed by atoms with Crippen molar-refractivity contribution in [2.45, 2.75) is 18.2 Å². The lowest BCUT2D eigenvalue weighted by Crippen LogP contribution is -3.12. The van der Waals surface area contributed by atoms with E-state index in [1.807, 2.05) is 59.2 Å². The van der Waals surface area contributed by atoms with E-state index in [2.05, 4.69) is 15.5 Å². The van der Waals surface area contributed by atoms with Crippen LogP contribution < -0.4 is 10.2 Å². The van der Waals surface area contributed by atoms with E-state index in [9.17, 15) is 4.79 Å². The van der Waals surface area contributed by atoms with Crippen molar-refractivity contribution in [1.82, 2.24) is 20.1 Å². The number of halogens is 1. The SMILES string of the molecule is O=C(CSc1nnc(C[NH+]2CCOCC2)n1-c1ccc(Cl)cc1)NCc1ccccc1. The highest BCUT2D eigenvalue weighted by Crippen LogP contribution is 2.23. The molecule has 0 bridgehead atoms. The van der Waals surface area contributed by atoms with Crippen LogP contribution in [0.4, 0.5) is 0 Å². The van der Waals surface area contributed by atoms with Crippen molar-refractivity contribution in [3.63, 3.8) is 0 Å². The summed E-state index contributed by atoms with van der Waals surface area (Å²) in [5.41, 5.74) is 2.00. The highest BCUT2D eigenvalue weighted by atomic mass is 35.5. The summed E-state index contributed by atoms with van der Waals surface area (Å²) in [6.45, 7) is 4.66. The molecule has 1 aliphatic heterocycles. The first-order valence-corrected chi connectivity index (χ1v) is 11.6. The van der Waals surface area contributed by atoms with Crippen molar-refractivity contribution in [2.24, 2.45) is 0 Å². The number of thioether (sulfide) groups is 1. The van der Waals surface area contributed by atoms with Gasteiger partial charge in [-0.1, -0.05) is 53.7 Å². The molecule has 0 spiro atoms. The quantitative estimate of drug-likeness (QED) is 0.503. The van der Waals surface area contributed by atoms with Crippen LogP contribution in [0.15, 0.2) is 59.8 Å². The average Bonchev–Trinajstić information content (AvgIpc) is 3.20. The molecule has 1 aromatic heterocycles. The van der Waals surface area contributed by atoms with Crippen LogP contribution in [0.2, 0.25) is 5.02 Å². The van der Waals surface area contributed by atoms with E-state index < -0.39 is 0 Å². The Hall–Kier alpha value is -2.39. The van der Waals surface area contributed by atoms with Gasteiger partial charge in [0, 0.05) is 17.3 Å². The molecule has 31 heavy (non-hydrogen) atoms. The summed E-state index contributed by atoms with van der Waals surface area (Å²) in [5, 5.41) is 13.2. The third kappa shape index (κ3) is 6.07. The number of carbonyl (C=O) groups is 1. The zero-order chi connectivity index (χ0) is 21.5. The first-order chi connectivity index (χ1) is 15.2. The van der Waals surface area contributed by atoms with E-state index in [1.54, 1.807) is 0 Å². The van der Waals surface area contributed by atoms with Gasteiger partial charge >= 0.3 is 0 Å². The number of amides is 1. The molecular formula is C22H25ClN5O2S+. The third-order valence-electron chi connectivity index (χ3n) is 5.06. The van der Waals surface area contributed by atoms with Crippen molar-refractivity contribution in [3.05, 3.63) is 71.0 Å². The second kappa shape index (κ2) is 10.8. The molecule has 2 aromatic carbocycles. The van der Waals surface area contributed by atoms with E-state index >= 15 is 0 Å². The van der Waals surface area contributed by atoms with Gasteiger partial charge in [0.2, 0.25) is 5.91 Å². The first-order valence-electron chi connectivity index (χ1n) is 10.2. The van der Waals surface area contributed by atoms with Crippen LogP contribution in [-0.4, -0.2) is 52.7 Å². The van der Waals surface area contributed by atoms with Gasteiger partial charge in [0.1, 0.15) is 19.6 Å². The standard InChI is InChI=1S/C22H24ClN5O2S/c23-18-6-8-19(9-7-18)28-20(15-27-10-12-30-13-11-27)25-26-22(28)31-16-21(29)24-14-17-4-2-1-3-5-17/h1-9H,10-16H2,(H,24,29)/p+1. The topological polar surface area (TPSA) is 73.5 Å². The largest absolute Gasteiger partial charge is 0.370 e. The minimum absolute atomic E-state index is 0.0418. The summed E-state index contributed by atoms with van der Waals surface area (Å²) in [6.07, 6.45) is 0. The number of nitrogens with zero attached hydrogens (tertiary/aromatic N) is 3. The predicted octanol–water partition coefficient (Wildman–Crippen LogP) is 1.74. The van der Waals surface area contributed by atoms with Gasteiger partial charge in [-0.15, -0.1) is 10.2 Å². The van der Waals surface area contributed by atoms with E-state index in [4.69, 9.17) is 16.3 Å². The Morgan fingerprint density at radius 2 is 1.84 bits per heavy atom. The number of hydrogen-bond acceptors (Lipinski definition) is 5. The summed E-state index contributed by atoms with van der Waals surface area (Å²) in [5.74, 6) is 1.09. The second-order valence-corrected chi connectivity index (χ2v) is 8.68. The highest BCUT2D eigenvalue weighted by Gasteiger charge is 2.22. The highest BCUT2D eigenvalue weighted by molar-refractivity contribution is 7.99. The summed E-state index contributed by atoms with van der Waals surface area (Å²) >= 11 is 7.46. The Balaban J connectivity index is 1.45. The number of benzene rings is 2. The summed E-state index contributed by atoms with van der Waals surface area (Å²) < 4.78 is 7.49. The maximum absolute atomic E-state index is 12.4. The number of morpholine rings is 1. The number of nitrogens with one attached hydrogen (secondary N) is 2. The van der Waals surface area contributed by atoms with E-state index in [-0.39, 0.29) is 11.7 Å². The Morgan fingerprint density at radius 3 is 2.58 bits per heavy atom. The van der Waals surface area contributed by atoms with Crippen LogP contribution >= 0.6 is 23.4 Å². The summed E-state index contributed by atoms with van der Waals surface area (Å²) in [7, 11) is 0. The zero-order valence-electron chi connectivity index (χ0n) is 17.1. The Kier molecular flexibility index (Phi) is 7.58. The van der Waals surface area contributed by atoms with E-state index in [1.165, 1.54) is 16.7 Å². The van der Waals surface area contributed by atoms with Crippen molar-refractivity contribution >= 4 is 29.3 Å². The molecule has 162 valence electrons. The smallest absolute Gasteiger partial charge is 0.230 e. The Bertz CT molecular complexity index is 991. The molecule has 4 rings (SSSR count). The van der Waals surface area contributed by atoms with E-state index in [0.717, 1.165) is 49.9 Å². The van der Waals surface area contributed by atoms with Crippen LogP contribution in [-0.2, 0) is 22.6 Å². The van der Waals surface area contributed by atoms with Crippen LogP contribution in [0.3, 0.4) is 0 Å². The summed E-state index contributed by atoms with van der Waals surface area (Å²) in [4.78, 5) is 13.8. The molecule has 1 aliphatic rings. The van der Waals surface area contributed by atoms with Crippen molar-refractivity contribution in [1.29, 1.82) is 0 Å². The number of aromatic nitrogens is 3. The number of quaternary nitrogens is 1. The van der Waals surface area contributed by atoms with Gasteiger partial charge in [0.25, 0.3) is 0 Å². The fourth-order valence-electron chi connectivity index (χ4n) is 3.40. The molecule has 1 saturated heterocycles. The normalized spacial score (nSPS) is 14.5. The molecule has 0 atom stereocenters. The Morgan fingerprint density at radius 1 is 1.10 bits per heavy atom. The van der Waals surface area contributed by atoms with Gasteiger partial charge in [-0.05, 0) is 29.8 Å². The zero-order valence-corrected chi connectivity index (χ0v) is 18.7. The number of hydrogen-bond donors (Lipinski definition) is 2. The minimum atomic E-state index is -0.0418. The fraction of sp³-hybridized carbons (Fsp3) is 0.318. The fourth-order valence-corrected chi connectivity index (χ4v) is 4.32. The molecule has 7 nitrogen and oxygen atoms in total. The van der Waals surface area contributed by atoms with Gasteiger partial charge in [0.15, 0.2) is 11.0 Å².